The van der Waals surface area contributed by atoms with Gasteiger partial charge in [-0.1, -0.05) is 13.8 Å². The number of guanidine groups is 1. The lowest BCUT2D eigenvalue weighted by atomic mass is 9.87. The third-order valence-electron chi connectivity index (χ3n) is 4.20. The van der Waals surface area contributed by atoms with E-state index in [9.17, 15) is 0 Å². The molecule has 0 aliphatic carbocycles. The van der Waals surface area contributed by atoms with Crippen LogP contribution in [0.15, 0.2) is 4.99 Å². The third-order valence-corrected chi connectivity index (χ3v) is 4.20. The van der Waals surface area contributed by atoms with E-state index in [0.29, 0.717) is 23.9 Å². The van der Waals surface area contributed by atoms with Gasteiger partial charge in [0.05, 0.1) is 18.8 Å². The monoisotopic (exact) mass is 283 g/mol. The molecule has 2 N–H and O–H groups in total. The standard InChI is InChI=1S/C15H29N3O2/c1-11(2)14-13(5-4-7-20-14)9-17-15(16)18-6-8-19-12(3)10-18/h11-14H,4-10H2,1-3H3,(H2,16,17). The Labute approximate surface area is 122 Å². The van der Waals surface area contributed by atoms with Crippen LogP contribution in [0.4, 0.5) is 0 Å². The number of nitrogens with two attached hydrogens (primary N) is 1. The molecule has 2 aliphatic heterocycles. The molecule has 0 spiro atoms. The van der Waals surface area contributed by atoms with Crippen molar-refractivity contribution in [2.75, 3.05) is 32.8 Å². The van der Waals surface area contributed by atoms with Gasteiger partial charge in [0.15, 0.2) is 5.96 Å². The van der Waals surface area contributed by atoms with Gasteiger partial charge in [0.1, 0.15) is 0 Å². The first-order valence-corrected chi connectivity index (χ1v) is 7.86. The average Bonchev–Trinajstić information content (AvgIpc) is 2.45. The van der Waals surface area contributed by atoms with Gasteiger partial charge in [-0.15, -0.1) is 0 Å². The molecular formula is C15H29N3O2. The van der Waals surface area contributed by atoms with E-state index in [1.165, 1.54) is 6.42 Å². The number of ether oxygens (including phenoxy) is 2. The normalized spacial score (nSPS) is 32.7. The molecule has 2 rings (SSSR count). The largest absolute Gasteiger partial charge is 0.378 e. The summed E-state index contributed by atoms with van der Waals surface area (Å²) >= 11 is 0. The zero-order valence-corrected chi connectivity index (χ0v) is 13.0. The number of rotatable bonds is 3. The molecule has 3 unspecified atom stereocenters. The number of morpholine rings is 1. The minimum Gasteiger partial charge on any atom is -0.378 e. The lowest BCUT2D eigenvalue weighted by molar-refractivity contribution is -0.0492. The van der Waals surface area contributed by atoms with Crippen molar-refractivity contribution < 1.29 is 9.47 Å². The molecule has 0 aromatic heterocycles. The first kappa shape index (κ1) is 15.6. The van der Waals surface area contributed by atoms with Gasteiger partial charge in [-0.3, -0.25) is 4.99 Å². The zero-order chi connectivity index (χ0) is 14.5. The predicted molar refractivity (Wildman–Crippen MR) is 80.8 cm³/mol. The van der Waals surface area contributed by atoms with Gasteiger partial charge >= 0.3 is 0 Å². The number of hydrogen-bond donors (Lipinski definition) is 1. The summed E-state index contributed by atoms with van der Waals surface area (Å²) in [6.07, 6.45) is 2.89. The van der Waals surface area contributed by atoms with Crippen LogP contribution in [-0.2, 0) is 9.47 Å². The van der Waals surface area contributed by atoms with Gasteiger partial charge in [-0.25, -0.2) is 0 Å². The quantitative estimate of drug-likeness (QED) is 0.629. The summed E-state index contributed by atoms with van der Waals surface area (Å²) in [5, 5.41) is 0. The van der Waals surface area contributed by atoms with Crippen molar-refractivity contribution in [3.63, 3.8) is 0 Å². The van der Waals surface area contributed by atoms with Crippen LogP contribution in [0.25, 0.3) is 0 Å². The van der Waals surface area contributed by atoms with E-state index in [2.05, 4.69) is 30.7 Å². The van der Waals surface area contributed by atoms with Crippen molar-refractivity contribution >= 4 is 5.96 Å². The first-order chi connectivity index (χ1) is 9.58. The molecule has 5 nitrogen and oxygen atoms in total. The fourth-order valence-corrected chi connectivity index (χ4v) is 3.13. The number of aliphatic imine (C=N–C) groups is 1. The lowest BCUT2D eigenvalue weighted by Crippen LogP contribution is -2.48. The van der Waals surface area contributed by atoms with Gasteiger partial charge in [0, 0.05) is 32.2 Å². The zero-order valence-electron chi connectivity index (χ0n) is 13.0. The van der Waals surface area contributed by atoms with Crippen molar-refractivity contribution in [1.82, 2.24) is 4.90 Å². The summed E-state index contributed by atoms with van der Waals surface area (Å²) in [4.78, 5) is 6.75. The van der Waals surface area contributed by atoms with Crippen LogP contribution in [0.5, 0.6) is 0 Å². The van der Waals surface area contributed by atoms with E-state index in [1.54, 1.807) is 0 Å². The highest BCUT2D eigenvalue weighted by molar-refractivity contribution is 5.78. The molecule has 3 atom stereocenters. The molecule has 0 aromatic rings. The summed E-state index contributed by atoms with van der Waals surface area (Å²) in [5.74, 6) is 1.70. The van der Waals surface area contributed by atoms with Gasteiger partial charge in [0.25, 0.3) is 0 Å². The molecule has 0 radical (unpaired) electrons. The van der Waals surface area contributed by atoms with Gasteiger partial charge in [-0.2, -0.15) is 0 Å². The van der Waals surface area contributed by atoms with Gasteiger partial charge < -0.3 is 20.1 Å². The van der Waals surface area contributed by atoms with Crippen molar-refractivity contribution in [3.8, 4) is 0 Å². The smallest absolute Gasteiger partial charge is 0.191 e. The molecule has 2 heterocycles. The summed E-state index contributed by atoms with van der Waals surface area (Å²) in [6, 6.07) is 0. The van der Waals surface area contributed by atoms with Crippen molar-refractivity contribution in [3.05, 3.63) is 0 Å². The van der Waals surface area contributed by atoms with Crippen LogP contribution in [0.3, 0.4) is 0 Å². The Morgan fingerprint density at radius 2 is 2.15 bits per heavy atom. The molecule has 2 fully saturated rings. The Hall–Kier alpha value is -0.810. The van der Waals surface area contributed by atoms with Crippen molar-refractivity contribution in [2.24, 2.45) is 22.6 Å². The highest BCUT2D eigenvalue weighted by Gasteiger charge is 2.28. The molecule has 0 bridgehead atoms. The van der Waals surface area contributed by atoms with Crippen LogP contribution in [0.1, 0.15) is 33.6 Å². The SMILES string of the molecule is CC1CN(C(N)=NCC2CCCOC2C(C)C)CCO1. The first-order valence-electron chi connectivity index (χ1n) is 7.86. The summed E-state index contributed by atoms with van der Waals surface area (Å²) in [7, 11) is 0. The number of nitrogens with zero attached hydrogens (tertiary/aromatic N) is 2. The fourth-order valence-electron chi connectivity index (χ4n) is 3.13. The second kappa shape index (κ2) is 7.27. The lowest BCUT2D eigenvalue weighted by Gasteiger charge is -2.35. The molecule has 2 saturated heterocycles. The van der Waals surface area contributed by atoms with E-state index in [-0.39, 0.29) is 6.10 Å². The van der Waals surface area contributed by atoms with E-state index in [0.717, 1.165) is 39.3 Å². The van der Waals surface area contributed by atoms with Crippen LogP contribution < -0.4 is 5.73 Å². The van der Waals surface area contributed by atoms with Crippen LogP contribution in [-0.4, -0.2) is 55.9 Å². The van der Waals surface area contributed by atoms with Crippen molar-refractivity contribution in [1.29, 1.82) is 0 Å². The number of hydrogen-bond acceptors (Lipinski definition) is 3. The van der Waals surface area contributed by atoms with E-state index in [1.807, 2.05) is 0 Å². The molecule has 5 heteroatoms. The minimum atomic E-state index is 0.235. The maximum absolute atomic E-state index is 6.13. The molecular weight excluding hydrogens is 254 g/mol. The Morgan fingerprint density at radius 1 is 1.35 bits per heavy atom. The van der Waals surface area contributed by atoms with Crippen LogP contribution in [0.2, 0.25) is 0 Å². The summed E-state index contributed by atoms with van der Waals surface area (Å²) < 4.78 is 11.4. The second-order valence-corrected chi connectivity index (χ2v) is 6.31. The Balaban J connectivity index is 1.89. The Morgan fingerprint density at radius 3 is 2.85 bits per heavy atom. The molecule has 116 valence electrons. The molecule has 0 aromatic carbocycles. The Kier molecular flexibility index (Phi) is 5.66. The van der Waals surface area contributed by atoms with E-state index >= 15 is 0 Å². The van der Waals surface area contributed by atoms with Crippen LogP contribution in [0, 0.1) is 11.8 Å². The van der Waals surface area contributed by atoms with Crippen molar-refractivity contribution in [2.45, 2.75) is 45.8 Å². The van der Waals surface area contributed by atoms with E-state index < -0.39 is 0 Å². The maximum atomic E-state index is 6.13. The molecule has 0 amide bonds. The van der Waals surface area contributed by atoms with E-state index in [4.69, 9.17) is 15.2 Å². The topological polar surface area (TPSA) is 60.1 Å². The second-order valence-electron chi connectivity index (χ2n) is 6.31. The highest BCUT2D eigenvalue weighted by atomic mass is 16.5. The molecule has 0 saturated carbocycles. The fraction of sp³-hybridized carbons (Fsp3) is 0.933. The maximum Gasteiger partial charge on any atom is 0.191 e. The van der Waals surface area contributed by atoms with Gasteiger partial charge in [-0.05, 0) is 25.7 Å². The highest BCUT2D eigenvalue weighted by Crippen LogP contribution is 2.26. The average molecular weight is 283 g/mol. The van der Waals surface area contributed by atoms with Gasteiger partial charge in [0.2, 0.25) is 0 Å². The Bertz CT molecular complexity index is 333. The summed E-state index contributed by atoms with van der Waals surface area (Å²) in [6.45, 7) is 10.6. The predicted octanol–water partition coefficient (Wildman–Crippen LogP) is 1.47. The van der Waals surface area contributed by atoms with Crippen LogP contribution >= 0.6 is 0 Å². The summed E-state index contributed by atoms with van der Waals surface area (Å²) in [5.41, 5.74) is 6.13. The molecule has 2 aliphatic rings. The third kappa shape index (κ3) is 4.09. The molecule has 20 heavy (non-hydrogen) atoms. The minimum absolute atomic E-state index is 0.235.